The standard InChI is InChI=1S/C24H26O3/c1-16(18-5-9-20(25)10-6-18)14-17-4-13-23(27)22(15-17)24(2,3)19-7-11-21(26)12-8-19/h4-13,15-16,25-27H,14H2,1-3H3. The van der Waals surface area contributed by atoms with Gasteiger partial charge in [-0.15, -0.1) is 0 Å². The zero-order chi connectivity index (χ0) is 19.6. The van der Waals surface area contributed by atoms with E-state index in [9.17, 15) is 15.3 Å². The van der Waals surface area contributed by atoms with Crippen LogP contribution >= 0.6 is 0 Å². The first-order valence-electron chi connectivity index (χ1n) is 9.18. The Morgan fingerprint density at radius 3 is 1.93 bits per heavy atom. The number of phenols is 3. The Bertz CT molecular complexity index is 909. The Kier molecular flexibility index (Phi) is 5.13. The van der Waals surface area contributed by atoms with Gasteiger partial charge >= 0.3 is 0 Å². The van der Waals surface area contributed by atoms with Crippen LogP contribution in [0.25, 0.3) is 0 Å². The maximum absolute atomic E-state index is 10.5. The number of phenolic OH excluding ortho intramolecular Hbond substituents is 3. The Morgan fingerprint density at radius 1 is 0.778 bits per heavy atom. The zero-order valence-electron chi connectivity index (χ0n) is 16.0. The fourth-order valence-electron chi connectivity index (χ4n) is 3.52. The highest BCUT2D eigenvalue weighted by Crippen LogP contribution is 2.38. The Labute approximate surface area is 160 Å². The highest BCUT2D eigenvalue weighted by molar-refractivity contribution is 5.48. The third kappa shape index (κ3) is 4.08. The monoisotopic (exact) mass is 362 g/mol. The molecule has 0 saturated carbocycles. The summed E-state index contributed by atoms with van der Waals surface area (Å²) >= 11 is 0. The molecule has 3 aromatic carbocycles. The molecule has 3 heteroatoms. The molecule has 0 radical (unpaired) electrons. The van der Waals surface area contributed by atoms with Crippen molar-refractivity contribution in [2.75, 3.05) is 0 Å². The van der Waals surface area contributed by atoms with E-state index in [1.807, 2.05) is 30.3 Å². The first-order chi connectivity index (χ1) is 12.8. The van der Waals surface area contributed by atoms with Crippen molar-refractivity contribution in [2.45, 2.75) is 38.5 Å². The molecule has 0 aliphatic heterocycles. The Balaban J connectivity index is 1.89. The first kappa shape index (κ1) is 18.8. The maximum atomic E-state index is 10.5. The van der Waals surface area contributed by atoms with Crippen LogP contribution in [0.3, 0.4) is 0 Å². The van der Waals surface area contributed by atoms with Crippen molar-refractivity contribution in [3.05, 3.63) is 89.0 Å². The van der Waals surface area contributed by atoms with Crippen molar-refractivity contribution in [3.8, 4) is 17.2 Å². The molecule has 0 amide bonds. The molecule has 0 fully saturated rings. The first-order valence-corrected chi connectivity index (χ1v) is 9.18. The van der Waals surface area contributed by atoms with E-state index in [-0.39, 0.29) is 17.2 Å². The van der Waals surface area contributed by atoms with E-state index in [2.05, 4.69) is 26.8 Å². The van der Waals surface area contributed by atoms with Gasteiger partial charge < -0.3 is 15.3 Å². The normalized spacial score (nSPS) is 12.7. The number of benzene rings is 3. The summed E-state index contributed by atoms with van der Waals surface area (Å²) in [5.74, 6) is 1.07. The van der Waals surface area contributed by atoms with Gasteiger partial charge in [-0.3, -0.25) is 0 Å². The minimum Gasteiger partial charge on any atom is -0.508 e. The summed E-state index contributed by atoms with van der Waals surface area (Å²) in [6, 6.07) is 20.2. The molecular weight excluding hydrogens is 336 g/mol. The van der Waals surface area contributed by atoms with Crippen LogP contribution in [-0.4, -0.2) is 15.3 Å². The molecule has 3 N–H and O–H groups in total. The number of aromatic hydroxyl groups is 3. The second kappa shape index (κ2) is 7.36. The van der Waals surface area contributed by atoms with Crippen LogP contribution in [0.15, 0.2) is 66.7 Å². The molecule has 0 saturated heterocycles. The number of hydrogen-bond donors (Lipinski definition) is 3. The average molecular weight is 362 g/mol. The fraction of sp³-hybridized carbons (Fsp3) is 0.250. The molecule has 1 atom stereocenters. The van der Waals surface area contributed by atoms with Gasteiger partial charge in [-0.25, -0.2) is 0 Å². The highest BCUT2D eigenvalue weighted by atomic mass is 16.3. The summed E-state index contributed by atoms with van der Waals surface area (Å²) in [6.45, 7) is 6.30. The van der Waals surface area contributed by atoms with E-state index >= 15 is 0 Å². The van der Waals surface area contributed by atoms with Gasteiger partial charge in [0.25, 0.3) is 0 Å². The van der Waals surface area contributed by atoms with Crippen molar-refractivity contribution in [1.29, 1.82) is 0 Å². The van der Waals surface area contributed by atoms with E-state index < -0.39 is 5.41 Å². The lowest BCUT2D eigenvalue weighted by Crippen LogP contribution is -2.19. The number of hydrogen-bond acceptors (Lipinski definition) is 3. The molecule has 3 rings (SSSR count). The predicted molar refractivity (Wildman–Crippen MR) is 109 cm³/mol. The van der Waals surface area contributed by atoms with Crippen LogP contribution < -0.4 is 0 Å². The molecule has 27 heavy (non-hydrogen) atoms. The van der Waals surface area contributed by atoms with Crippen molar-refractivity contribution >= 4 is 0 Å². The van der Waals surface area contributed by atoms with E-state index in [0.29, 0.717) is 5.92 Å². The fourth-order valence-corrected chi connectivity index (χ4v) is 3.52. The summed E-state index contributed by atoms with van der Waals surface area (Å²) in [5, 5.41) is 29.5. The van der Waals surface area contributed by atoms with Crippen LogP contribution in [0.4, 0.5) is 0 Å². The van der Waals surface area contributed by atoms with E-state index in [1.165, 1.54) is 5.56 Å². The topological polar surface area (TPSA) is 60.7 Å². The number of rotatable bonds is 5. The molecular formula is C24H26O3. The third-order valence-electron chi connectivity index (χ3n) is 5.33. The molecule has 3 aromatic rings. The molecule has 0 aliphatic carbocycles. The molecule has 0 aromatic heterocycles. The largest absolute Gasteiger partial charge is 0.508 e. The molecule has 0 bridgehead atoms. The molecule has 1 unspecified atom stereocenters. The predicted octanol–water partition coefficient (Wildman–Crippen LogP) is 5.48. The van der Waals surface area contributed by atoms with Crippen LogP contribution in [0.1, 0.15) is 48.9 Å². The highest BCUT2D eigenvalue weighted by Gasteiger charge is 2.26. The maximum Gasteiger partial charge on any atom is 0.119 e. The Hall–Kier alpha value is -2.94. The molecule has 3 nitrogen and oxygen atoms in total. The van der Waals surface area contributed by atoms with E-state index in [0.717, 1.165) is 23.1 Å². The van der Waals surface area contributed by atoms with Gasteiger partial charge in [0.05, 0.1) is 0 Å². The van der Waals surface area contributed by atoms with Gasteiger partial charge in [0.2, 0.25) is 0 Å². The smallest absolute Gasteiger partial charge is 0.119 e. The summed E-state index contributed by atoms with van der Waals surface area (Å²) < 4.78 is 0. The van der Waals surface area contributed by atoms with Crippen LogP contribution in [0.2, 0.25) is 0 Å². The van der Waals surface area contributed by atoms with Gasteiger partial charge in [0.15, 0.2) is 0 Å². The second-order valence-electron chi connectivity index (χ2n) is 7.72. The van der Waals surface area contributed by atoms with Gasteiger partial charge in [-0.2, -0.15) is 0 Å². The summed E-state index contributed by atoms with van der Waals surface area (Å²) in [7, 11) is 0. The SMILES string of the molecule is CC(Cc1ccc(O)c(C(C)(C)c2ccc(O)cc2)c1)c1ccc(O)cc1. The van der Waals surface area contributed by atoms with Crippen molar-refractivity contribution in [2.24, 2.45) is 0 Å². The van der Waals surface area contributed by atoms with Gasteiger partial charge in [0, 0.05) is 11.0 Å². The van der Waals surface area contributed by atoms with Crippen LogP contribution in [0.5, 0.6) is 17.2 Å². The van der Waals surface area contributed by atoms with E-state index in [4.69, 9.17) is 0 Å². The lowest BCUT2D eigenvalue weighted by atomic mass is 9.76. The molecule has 0 heterocycles. The van der Waals surface area contributed by atoms with Gasteiger partial charge in [0.1, 0.15) is 17.2 Å². The second-order valence-corrected chi connectivity index (χ2v) is 7.72. The van der Waals surface area contributed by atoms with Gasteiger partial charge in [-0.05, 0) is 59.4 Å². The molecule has 0 spiro atoms. The quantitative estimate of drug-likeness (QED) is 0.563. The van der Waals surface area contributed by atoms with Crippen molar-refractivity contribution in [1.82, 2.24) is 0 Å². The summed E-state index contributed by atoms with van der Waals surface area (Å²) in [4.78, 5) is 0. The molecule has 0 aliphatic rings. The van der Waals surface area contributed by atoms with E-state index in [1.54, 1.807) is 30.3 Å². The average Bonchev–Trinajstić information content (AvgIpc) is 2.64. The summed E-state index contributed by atoms with van der Waals surface area (Å²) in [5.41, 5.74) is 3.81. The molecule has 140 valence electrons. The third-order valence-corrected chi connectivity index (χ3v) is 5.33. The van der Waals surface area contributed by atoms with Crippen LogP contribution in [-0.2, 0) is 11.8 Å². The minimum absolute atomic E-state index is 0.232. The van der Waals surface area contributed by atoms with Crippen molar-refractivity contribution in [3.63, 3.8) is 0 Å². The summed E-state index contributed by atoms with van der Waals surface area (Å²) in [6.07, 6.45) is 0.837. The zero-order valence-corrected chi connectivity index (χ0v) is 16.0. The van der Waals surface area contributed by atoms with Gasteiger partial charge in [-0.1, -0.05) is 57.2 Å². The lowest BCUT2D eigenvalue weighted by Gasteiger charge is -2.28. The van der Waals surface area contributed by atoms with Crippen LogP contribution in [0, 0.1) is 0 Å². The lowest BCUT2D eigenvalue weighted by molar-refractivity contribution is 0.452. The van der Waals surface area contributed by atoms with Crippen molar-refractivity contribution < 1.29 is 15.3 Å². The Morgan fingerprint density at radius 2 is 1.33 bits per heavy atom. The minimum atomic E-state index is -0.393.